The van der Waals surface area contributed by atoms with E-state index in [1.54, 1.807) is 12.1 Å². The third kappa shape index (κ3) is 2.12. The minimum Gasteiger partial charge on any atom is -0.494 e. The zero-order chi connectivity index (χ0) is 13.5. The highest BCUT2D eigenvalue weighted by atomic mass is 19.1. The van der Waals surface area contributed by atoms with Gasteiger partial charge in [0.1, 0.15) is 0 Å². The van der Waals surface area contributed by atoms with Crippen LogP contribution in [0.25, 0.3) is 11.1 Å². The molecule has 0 atom stereocenters. The Morgan fingerprint density at radius 3 is 2.47 bits per heavy atom. The van der Waals surface area contributed by atoms with Gasteiger partial charge >= 0.3 is 0 Å². The van der Waals surface area contributed by atoms with Gasteiger partial charge < -0.3 is 4.74 Å². The number of hydrogen-bond acceptors (Lipinski definition) is 1. The van der Waals surface area contributed by atoms with E-state index in [-0.39, 0.29) is 11.2 Å². The second kappa shape index (κ2) is 4.37. The molecule has 0 spiro atoms. The zero-order valence-electron chi connectivity index (χ0n) is 11.2. The standard InChI is InChI=1S/C17H17FO/c1-17(9-10-17)14-6-4-3-5-13(14)12-7-8-16(19-2)15(18)11-12/h3-8,11H,9-10H2,1-2H3. The Bertz CT molecular complexity index is 614. The zero-order valence-corrected chi connectivity index (χ0v) is 11.2. The maximum absolute atomic E-state index is 13.9. The molecule has 0 bridgehead atoms. The first-order valence-electron chi connectivity index (χ1n) is 6.57. The molecule has 2 aromatic rings. The first-order valence-corrected chi connectivity index (χ1v) is 6.57. The maximum atomic E-state index is 13.9. The van der Waals surface area contributed by atoms with Crippen molar-refractivity contribution in [3.63, 3.8) is 0 Å². The quantitative estimate of drug-likeness (QED) is 0.782. The highest BCUT2D eigenvalue weighted by Crippen LogP contribution is 2.50. The normalized spacial score (nSPS) is 16.2. The SMILES string of the molecule is COc1ccc(-c2ccccc2C2(C)CC2)cc1F. The van der Waals surface area contributed by atoms with Gasteiger partial charge in [0.2, 0.25) is 0 Å². The molecule has 98 valence electrons. The molecule has 0 amide bonds. The number of methoxy groups -OCH3 is 1. The van der Waals surface area contributed by atoms with E-state index < -0.39 is 0 Å². The molecule has 0 aliphatic heterocycles. The van der Waals surface area contributed by atoms with E-state index in [0.717, 1.165) is 11.1 Å². The lowest BCUT2D eigenvalue weighted by atomic mass is 9.89. The lowest BCUT2D eigenvalue weighted by Gasteiger charge is -2.15. The smallest absolute Gasteiger partial charge is 0.165 e. The summed E-state index contributed by atoms with van der Waals surface area (Å²) < 4.78 is 18.8. The Labute approximate surface area is 113 Å². The van der Waals surface area contributed by atoms with Crippen molar-refractivity contribution < 1.29 is 9.13 Å². The largest absolute Gasteiger partial charge is 0.494 e. The highest BCUT2D eigenvalue weighted by Gasteiger charge is 2.40. The van der Waals surface area contributed by atoms with E-state index in [1.165, 1.54) is 25.5 Å². The molecule has 2 aromatic carbocycles. The van der Waals surface area contributed by atoms with Crippen molar-refractivity contribution in [1.82, 2.24) is 0 Å². The number of halogens is 1. The summed E-state index contributed by atoms with van der Waals surface area (Å²) in [7, 11) is 1.48. The lowest BCUT2D eigenvalue weighted by molar-refractivity contribution is 0.386. The van der Waals surface area contributed by atoms with Crippen LogP contribution in [0.5, 0.6) is 5.75 Å². The molecule has 0 heterocycles. The Hall–Kier alpha value is -1.83. The topological polar surface area (TPSA) is 9.23 Å². The van der Waals surface area contributed by atoms with Gasteiger partial charge in [-0.05, 0) is 47.1 Å². The number of hydrogen-bond donors (Lipinski definition) is 0. The van der Waals surface area contributed by atoms with E-state index in [1.807, 2.05) is 12.1 Å². The molecule has 1 aliphatic rings. The first kappa shape index (κ1) is 12.2. The summed E-state index contributed by atoms with van der Waals surface area (Å²) in [6.07, 6.45) is 2.42. The summed E-state index contributed by atoms with van der Waals surface area (Å²) in [6, 6.07) is 13.5. The summed E-state index contributed by atoms with van der Waals surface area (Å²) in [5.41, 5.74) is 3.64. The maximum Gasteiger partial charge on any atom is 0.165 e. The summed E-state index contributed by atoms with van der Waals surface area (Å²) in [5, 5.41) is 0. The molecule has 0 unspecified atom stereocenters. The van der Waals surface area contributed by atoms with Crippen molar-refractivity contribution in [3.8, 4) is 16.9 Å². The fourth-order valence-electron chi connectivity index (χ4n) is 2.55. The van der Waals surface area contributed by atoms with E-state index in [4.69, 9.17) is 4.74 Å². The van der Waals surface area contributed by atoms with Crippen LogP contribution in [0.1, 0.15) is 25.3 Å². The van der Waals surface area contributed by atoms with Gasteiger partial charge in [0, 0.05) is 0 Å². The second-order valence-corrected chi connectivity index (χ2v) is 5.46. The molecule has 0 saturated heterocycles. The van der Waals surface area contributed by atoms with Gasteiger partial charge in [-0.3, -0.25) is 0 Å². The Kier molecular flexibility index (Phi) is 2.81. The van der Waals surface area contributed by atoms with E-state index in [9.17, 15) is 4.39 Å². The van der Waals surface area contributed by atoms with Crippen LogP contribution in [-0.2, 0) is 5.41 Å². The highest BCUT2D eigenvalue weighted by molar-refractivity contribution is 5.70. The summed E-state index contributed by atoms with van der Waals surface area (Å²) in [4.78, 5) is 0. The van der Waals surface area contributed by atoms with Gasteiger partial charge in [-0.15, -0.1) is 0 Å². The van der Waals surface area contributed by atoms with Crippen molar-refractivity contribution in [2.24, 2.45) is 0 Å². The van der Waals surface area contributed by atoms with Crippen LogP contribution in [0.15, 0.2) is 42.5 Å². The van der Waals surface area contributed by atoms with Gasteiger partial charge in [-0.2, -0.15) is 0 Å². The molecule has 2 heteroatoms. The van der Waals surface area contributed by atoms with Crippen LogP contribution >= 0.6 is 0 Å². The van der Waals surface area contributed by atoms with Crippen LogP contribution in [0.2, 0.25) is 0 Å². The van der Waals surface area contributed by atoms with Gasteiger partial charge in [0.15, 0.2) is 11.6 Å². The molecule has 1 fully saturated rings. The van der Waals surface area contributed by atoms with Gasteiger partial charge in [0.25, 0.3) is 0 Å². The van der Waals surface area contributed by atoms with E-state index >= 15 is 0 Å². The predicted octanol–water partition coefficient (Wildman–Crippen LogP) is 4.55. The van der Waals surface area contributed by atoms with Crippen molar-refractivity contribution in [1.29, 1.82) is 0 Å². The number of ether oxygens (including phenoxy) is 1. The summed E-state index contributed by atoms with van der Waals surface area (Å²) in [5.74, 6) is -0.0189. The molecule has 19 heavy (non-hydrogen) atoms. The first-order chi connectivity index (χ1) is 9.14. The molecule has 1 aliphatic carbocycles. The van der Waals surface area contributed by atoms with E-state index in [2.05, 4.69) is 25.1 Å². The van der Waals surface area contributed by atoms with Crippen LogP contribution in [0.4, 0.5) is 4.39 Å². The van der Waals surface area contributed by atoms with Crippen LogP contribution in [-0.4, -0.2) is 7.11 Å². The Balaban J connectivity index is 2.10. The molecular formula is C17H17FO. The Morgan fingerprint density at radius 2 is 1.84 bits per heavy atom. The third-order valence-corrected chi connectivity index (χ3v) is 4.04. The molecule has 1 nitrogen and oxygen atoms in total. The second-order valence-electron chi connectivity index (χ2n) is 5.46. The van der Waals surface area contributed by atoms with Crippen LogP contribution in [0.3, 0.4) is 0 Å². The average Bonchev–Trinajstić information content (AvgIpc) is 3.18. The molecule has 3 rings (SSSR count). The lowest BCUT2D eigenvalue weighted by Crippen LogP contribution is -2.02. The van der Waals surface area contributed by atoms with Crippen LogP contribution < -0.4 is 4.74 Å². The monoisotopic (exact) mass is 256 g/mol. The summed E-state index contributed by atoms with van der Waals surface area (Å²) in [6.45, 7) is 2.27. The minimum atomic E-state index is -0.309. The van der Waals surface area contributed by atoms with Gasteiger partial charge in [-0.1, -0.05) is 37.3 Å². The van der Waals surface area contributed by atoms with E-state index in [0.29, 0.717) is 5.75 Å². The molecule has 0 N–H and O–H groups in total. The molecular weight excluding hydrogens is 239 g/mol. The fourth-order valence-corrected chi connectivity index (χ4v) is 2.55. The van der Waals surface area contributed by atoms with Crippen molar-refractivity contribution in [2.45, 2.75) is 25.2 Å². The van der Waals surface area contributed by atoms with Crippen LogP contribution in [0, 0.1) is 5.82 Å². The predicted molar refractivity (Wildman–Crippen MR) is 75.0 cm³/mol. The molecule has 0 aromatic heterocycles. The third-order valence-electron chi connectivity index (χ3n) is 4.04. The van der Waals surface area contributed by atoms with Gasteiger partial charge in [0.05, 0.1) is 7.11 Å². The fraction of sp³-hybridized carbons (Fsp3) is 0.294. The average molecular weight is 256 g/mol. The van der Waals surface area contributed by atoms with Crippen molar-refractivity contribution in [3.05, 3.63) is 53.8 Å². The van der Waals surface area contributed by atoms with Crippen molar-refractivity contribution in [2.75, 3.05) is 7.11 Å². The number of benzene rings is 2. The summed E-state index contributed by atoms with van der Waals surface area (Å²) >= 11 is 0. The Morgan fingerprint density at radius 1 is 1.11 bits per heavy atom. The molecule has 0 radical (unpaired) electrons. The molecule has 1 saturated carbocycles. The minimum absolute atomic E-state index is 0.271. The van der Waals surface area contributed by atoms with Crippen molar-refractivity contribution >= 4 is 0 Å². The number of rotatable bonds is 3. The van der Waals surface area contributed by atoms with Gasteiger partial charge in [-0.25, -0.2) is 4.39 Å².